The van der Waals surface area contributed by atoms with E-state index in [1.807, 2.05) is 36.4 Å². The molecule has 8 heteroatoms. The van der Waals surface area contributed by atoms with E-state index in [1.54, 1.807) is 12.1 Å². The molecule has 0 radical (unpaired) electrons. The Bertz CT molecular complexity index is 690. The molecule has 23 heavy (non-hydrogen) atoms. The second-order valence-corrected chi connectivity index (χ2v) is 9.36. The van der Waals surface area contributed by atoms with Crippen molar-refractivity contribution < 1.29 is 4.79 Å². The van der Waals surface area contributed by atoms with Crippen LogP contribution in [0.3, 0.4) is 0 Å². The molecule has 122 valence electrons. The Labute approximate surface area is 176 Å². The summed E-state index contributed by atoms with van der Waals surface area (Å²) in [5.74, 6) is -0.315. The number of anilines is 1. The predicted molar refractivity (Wildman–Crippen MR) is 113 cm³/mol. The summed E-state index contributed by atoms with van der Waals surface area (Å²) in [6, 6.07) is 14.7. The van der Waals surface area contributed by atoms with Crippen molar-refractivity contribution in [1.82, 2.24) is 5.32 Å². The summed E-state index contributed by atoms with van der Waals surface area (Å²) < 4.78 is 0.195. The van der Waals surface area contributed by atoms with Gasteiger partial charge in [0, 0.05) is 12.8 Å². The molecule has 0 aliphatic rings. The molecule has 0 aliphatic carbocycles. The molecular weight excluding hydrogens is 584 g/mol. The summed E-state index contributed by atoms with van der Waals surface area (Å²) in [7, 11) is 0. The van der Waals surface area contributed by atoms with Crippen LogP contribution in [-0.4, -0.2) is 15.9 Å². The first-order valence-electron chi connectivity index (χ1n) is 6.41. The van der Waals surface area contributed by atoms with Gasteiger partial charge in [-0.25, -0.2) is 0 Å². The highest BCUT2D eigenvalue weighted by Crippen LogP contribution is 2.31. The molecule has 0 aromatic heterocycles. The van der Waals surface area contributed by atoms with Crippen LogP contribution in [-0.2, 0) is 0 Å². The van der Waals surface area contributed by atoms with Gasteiger partial charge < -0.3 is 10.6 Å². The van der Waals surface area contributed by atoms with Crippen LogP contribution in [0.1, 0.15) is 10.4 Å². The average molecular weight is 595 g/mol. The van der Waals surface area contributed by atoms with E-state index in [9.17, 15) is 4.79 Å². The fraction of sp³-hybridized carbons (Fsp3) is 0.133. The van der Waals surface area contributed by atoms with Crippen LogP contribution < -0.4 is 10.6 Å². The van der Waals surface area contributed by atoms with Gasteiger partial charge in [-0.15, -0.1) is 0 Å². The number of amides is 1. The van der Waals surface area contributed by atoms with Crippen LogP contribution in [0.15, 0.2) is 48.5 Å². The topological polar surface area (TPSA) is 41.1 Å². The molecule has 0 heterocycles. The molecule has 0 saturated carbocycles. The van der Waals surface area contributed by atoms with E-state index in [0.29, 0.717) is 5.56 Å². The number of benzene rings is 2. The Hall–Kier alpha value is 0.0400. The molecule has 0 spiro atoms. The first-order valence-corrected chi connectivity index (χ1v) is 9.71. The number of carbonyl (C=O) groups is 1. The number of carbonyl (C=O) groups excluding carboxylic acids is 1. The minimum atomic E-state index is -1.71. The summed E-state index contributed by atoms with van der Waals surface area (Å²) in [4.78, 5) is 12.4. The zero-order valence-electron chi connectivity index (χ0n) is 11.5. The Balaban J connectivity index is 2.18. The van der Waals surface area contributed by atoms with E-state index < -0.39 is 9.96 Å². The predicted octanol–water partition coefficient (Wildman–Crippen LogP) is 5.43. The van der Waals surface area contributed by atoms with Crippen molar-refractivity contribution in [1.29, 1.82) is 0 Å². The second-order valence-electron chi connectivity index (χ2n) is 4.58. The van der Waals surface area contributed by atoms with Crippen LogP contribution in [0.2, 0.25) is 0 Å². The molecule has 2 rings (SSSR count). The number of hydrogen-bond acceptors (Lipinski definition) is 2. The van der Waals surface area contributed by atoms with Crippen molar-refractivity contribution in [3.8, 4) is 0 Å². The number of halogens is 5. The minimum Gasteiger partial charge on any atom is -0.362 e. The summed E-state index contributed by atoms with van der Waals surface area (Å²) in [6.45, 7) is 0. The maximum absolute atomic E-state index is 12.4. The van der Waals surface area contributed by atoms with E-state index in [2.05, 4.69) is 55.8 Å². The number of nitrogens with one attached hydrogen (secondary N) is 2. The fourth-order valence-electron chi connectivity index (χ4n) is 1.77. The Morgan fingerprint density at radius 1 is 1.00 bits per heavy atom. The third-order valence-corrected chi connectivity index (χ3v) is 5.19. The second kappa shape index (κ2) is 8.42. The van der Waals surface area contributed by atoms with Crippen molar-refractivity contribution in [2.75, 3.05) is 5.32 Å². The van der Waals surface area contributed by atoms with Crippen molar-refractivity contribution >= 4 is 91.6 Å². The van der Waals surface area contributed by atoms with Crippen molar-refractivity contribution in [2.24, 2.45) is 0 Å². The Morgan fingerprint density at radius 3 is 2.17 bits per heavy atom. The SMILES string of the molecule is O=C(N[C@@H](Nc1ccc(I)cc1)C(Cl)(Cl)Cl)c1ccccc1I. The number of alkyl halides is 3. The minimum absolute atomic E-state index is 0.315. The first kappa shape index (κ1) is 19.4. The van der Waals surface area contributed by atoms with Gasteiger partial charge >= 0.3 is 0 Å². The lowest BCUT2D eigenvalue weighted by Crippen LogP contribution is -2.49. The standard InChI is InChI=1S/C15H11Cl3I2N2O/c16-15(17,18)14(21-10-7-5-9(19)6-8-10)22-13(23)11-3-1-2-4-12(11)20/h1-8,14,21H,(H,22,23)/t14-/m1/s1. The van der Waals surface area contributed by atoms with E-state index in [4.69, 9.17) is 34.8 Å². The highest BCUT2D eigenvalue weighted by atomic mass is 127. The largest absolute Gasteiger partial charge is 0.362 e. The zero-order valence-corrected chi connectivity index (χ0v) is 18.1. The van der Waals surface area contributed by atoms with Gasteiger partial charge in [0.25, 0.3) is 5.91 Å². The van der Waals surface area contributed by atoms with E-state index in [1.165, 1.54) is 0 Å². The first-order chi connectivity index (χ1) is 10.8. The summed E-state index contributed by atoms with van der Waals surface area (Å²) in [5, 5.41) is 5.76. The monoisotopic (exact) mass is 594 g/mol. The highest BCUT2D eigenvalue weighted by Gasteiger charge is 2.34. The molecule has 0 saturated heterocycles. The molecule has 0 bridgehead atoms. The maximum atomic E-state index is 12.4. The molecular formula is C15H11Cl3I2N2O. The molecule has 0 fully saturated rings. The lowest BCUT2D eigenvalue weighted by molar-refractivity contribution is 0.0941. The zero-order chi connectivity index (χ0) is 17.0. The van der Waals surface area contributed by atoms with Crippen LogP contribution in [0.5, 0.6) is 0 Å². The van der Waals surface area contributed by atoms with Crippen molar-refractivity contribution in [2.45, 2.75) is 9.96 Å². The van der Waals surface area contributed by atoms with Crippen molar-refractivity contribution in [3.63, 3.8) is 0 Å². The molecule has 1 atom stereocenters. The van der Waals surface area contributed by atoms with E-state index in [0.717, 1.165) is 12.8 Å². The maximum Gasteiger partial charge on any atom is 0.254 e. The molecule has 2 aromatic carbocycles. The van der Waals surface area contributed by atoms with Gasteiger partial charge in [-0.05, 0) is 81.6 Å². The van der Waals surface area contributed by atoms with Gasteiger partial charge in [0.15, 0.2) is 0 Å². The van der Waals surface area contributed by atoms with E-state index in [-0.39, 0.29) is 5.91 Å². The average Bonchev–Trinajstić information content (AvgIpc) is 2.48. The van der Waals surface area contributed by atoms with Crippen LogP contribution in [0.4, 0.5) is 5.69 Å². The van der Waals surface area contributed by atoms with Gasteiger partial charge in [0.1, 0.15) is 6.17 Å². The van der Waals surface area contributed by atoms with Gasteiger partial charge in [-0.1, -0.05) is 46.9 Å². The van der Waals surface area contributed by atoms with Crippen LogP contribution >= 0.6 is 80.0 Å². The number of hydrogen-bond donors (Lipinski definition) is 2. The van der Waals surface area contributed by atoms with Crippen LogP contribution in [0, 0.1) is 7.14 Å². The molecule has 2 N–H and O–H groups in total. The summed E-state index contributed by atoms with van der Waals surface area (Å²) in [6.07, 6.45) is -0.879. The smallest absolute Gasteiger partial charge is 0.254 e. The Kier molecular flexibility index (Phi) is 7.09. The lowest BCUT2D eigenvalue weighted by Gasteiger charge is -2.27. The summed E-state index contributed by atoms with van der Waals surface area (Å²) in [5.41, 5.74) is 1.27. The lowest BCUT2D eigenvalue weighted by atomic mass is 10.2. The quantitative estimate of drug-likeness (QED) is 0.281. The third kappa shape index (κ3) is 5.81. The van der Waals surface area contributed by atoms with Gasteiger partial charge in [0.2, 0.25) is 3.79 Å². The van der Waals surface area contributed by atoms with Gasteiger partial charge in [-0.2, -0.15) is 0 Å². The van der Waals surface area contributed by atoms with Crippen LogP contribution in [0.25, 0.3) is 0 Å². The molecule has 2 aromatic rings. The van der Waals surface area contributed by atoms with E-state index >= 15 is 0 Å². The van der Waals surface area contributed by atoms with Crippen molar-refractivity contribution in [3.05, 3.63) is 61.2 Å². The third-order valence-electron chi connectivity index (χ3n) is 2.88. The molecule has 1 amide bonds. The molecule has 3 nitrogen and oxygen atoms in total. The summed E-state index contributed by atoms with van der Waals surface area (Å²) >= 11 is 22.3. The normalized spacial score (nSPS) is 12.6. The molecule has 0 aliphatic heterocycles. The van der Waals surface area contributed by atoms with Gasteiger partial charge in [0.05, 0.1) is 5.56 Å². The Morgan fingerprint density at radius 2 is 1.61 bits per heavy atom. The molecule has 0 unspecified atom stereocenters. The van der Waals surface area contributed by atoms with Gasteiger partial charge in [-0.3, -0.25) is 4.79 Å². The fourth-order valence-corrected chi connectivity index (χ4v) is 3.09. The highest BCUT2D eigenvalue weighted by molar-refractivity contribution is 14.1. The number of rotatable bonds is 4.